The lowest BCUT2D eigenvalue weighted by Gasteiger charge is -2.35. The summed E-state index contributed by atoms with van der Waals surface area (Å²) in [6.45, 7) is 2.38. The SMILES string of the molecule is CC1(c2ccccc2)c2ccccc2-c2ccc(-c3ccc(N(c4ccc5c(c4)C(c4ccccc4)(c4ccccc4)c4ccccc4-5)c4ccc5c(c4)oc4ccccc45)cc3)cc21. The molecule has 0 spiro atoms. The summed E-state index contributed by atoms with van der Waals surface area (Å²) in [7, 11) is 0. The Hall–Kier alpha value is -8.20. The Bertz CT molecular complexity index is 3570. The molecule has 306 valence electrons. The number of benzene rings is 10. The van der Waals surface area contributed by atoms with Crippen LogP contribution >= 0.6 is 0 Å². The Balaban J connectivity index is 0.986. The summed E-state index contributed by atoms with van der Waals surface area (Å²) < 4.78 is 6.54. The van der Waals surface area contributed by atoms with Gasteiger partial charge in [0, 0.05) is 39.3 Å². The fourth-order valence-electron chi connectivity index (χ4n) is 11.4. The van der Waals surface area contributed by atoms with Crippen LogP contribution in [0.15, 0.2) is 247 Å². The van der Waals surface area contributed by atoms with Crippen molar-refractivity contribution in [3.05, 3.63) is 282 Å². The van der Waals surface area contributed by atoms with Gasteiger partial charge in [0.1, 0.15) is 11.2 Å². The lowest BCUT2D eigenvalue weighted by Crippen LogP contribution is -2.28. The molecular formula is C63H43NO. The molecule has 0 saturated heterocycles. The van der Waals surface area contributed by atoms with Gasteiger partial charge >= 0.3 is 0 Å². The van der Waals surface area contributed by atoms with Gasteiger partial charge < -0.3 is 9.32 Å². The predicted octanol–water partition coefficient (Wildman–Crippen LogP) is 16.4. The van der Waals surface area contributed by atoms with Crippen molar-refractivity contribution in [1.82, 2.24) is 0 Å². The van der Waals surface area contributed by atoms with Gasteiger partial charge in [0.25, 0.3) is 0 Å². The van der Waals surface area contributed by atoms with Crippen molar-refractivity contribution in [1.29, 1.82) is 0 Å². The minimum atomic E-state index is -0.524. The molecule has 10 aromatic carbocycles. The summed E-state index contributed by atoms with van der Waals surface area (Å²) in [6, 6.07) is 89.1. The van der Waals surface area contributed by atoms with Gasteiger partial charge in [0.2, 0.25) is 0 Å². The fraction of sp³-hybridized carbons (Fsp3) is 0.0476. The Morgan fingerprint density at radius 1 is 0.323 bits per heavy atom. The number of fused-ring (bicyclic) bond motifs is 9. The van der Waals surface area contributed by atoms with Crippen LogP contribution in [0.1, 0.15) is 45.9 Å². The van der Waals surface area contributed by atoms with Crippen molar-refractivity contribution >= 4 is 39.0 Å². The van der Waals surface area contributed by atoms with Crippen LogP contribution in [-0.2, 0) is 10.8 Å². The van der Waals surface area contributed by atoms with E-state index in [0.717, 1.165) is 39.0 Å². The first-order valence-corrected chi connectivity index (χ1v) is 22.6. The second-order valence-electron chi connectivity index (χ2n) is 17.7. The summed E-state index contributed by atoms with van der Waals surface area (Å²) in [6.07, 6.45) is 0. The second kappa shape index (κ2) is 14.4. The topological polar surface area (TPSA) is 16.4 Å². The third-order valence-corrected chi connectivity index (χ3v) is 14.4. The summed E-state index contributed by atoms with van der Waals surface area (Å²) in [4.78, 5) is 2.40. The van der Waals surface area contributed by atoms with Crippen LogP contribution in [0.3, 0.4) is 0 Å². The first kappa shape index (κ1) is 37.4. The Labute approximate surface area is 379 Å². The van der Waals surface area contributed by atoms with Crippen molar-refractivity contribution in [2.24, 2.45) is 0 Å². The van der Waals surface area contributed by atoms with Crippen LogP contribution in [0.25, 0.3) is 55.3 Å². The van der Waals surface area contributed by atoms with Gasteiger partial charge in [-0.1, -0.05) is 188 Å². The van der Waals surface area contributed by atoms with Crippen molar-refractivity contribution < 1.29 is 4.42 Å². The largest absolute Gasteiger partial charge is 0.456 e. The molecule has 2 nitrogen and oxygen atoms in total. The van der Waals surface area contributed by atoms with E-state index in [-0.39, 0.29) is 5.41 Å². The lowest BCUT2D eigenvalue weighted by molar-refractivity contribution is 0.669. The average Bonchev–Trinajstić information content (AvgIpc) is 3.99. The maximum absolute atomic E-state index is 6.54. The smallest absolute Gasteiger partial charge is 0.137 e. The van der Waals surface area contributed by atoms with Crippen molar-refractivity contribution in [3.8, 4) is 33.4 Å². The van der Waals surface area contributed by atoms with Gasteiger partial charge in [0.15, 0.2) is 0 Å². The number of hydrogen-bond acceptors (Lipinski definition) is 2. The number of anilines is 3. The van der Waals surface area contributed by atoms with E-state index in [0.29, 0.717) is 0 Å². The van der Waals surface area contributed by atoms with Gasteiger partial charge in [-0.3, -0.25) is 0 Å². The molecule has 11 aromatic rings. The lowest BCUT2D eigenvalue weighted by atomic mass is 9.67. The van der Waals surface area contributed by atoms with Crippen LogP contribution in [0.4, 0.5) is 17.1 Å². The van der Waals surface area contributed by atoms with Crippen LogP contribution in [0.2, 0.25) is 0 Å². The molecule has 2 aliphatic rings. The summed E-state index contributed by atoms with van der Waals surface area (Å²) in [5.41, 5.74) is 20.7. The summed E-state index contributed by atoms with van der Waals surface area (Å²) >= 11 is 0. The molecular weight excluding hydrogens is 787 g/mol. The monoisotopic (exact) mass is 829 g/mol. The number of rotatable bonds is 7. The first-order valence-electron chi connectivity index (χ1n) is 22.6. The van der Waals surface area contributed by atoms with Gasteiger partial charge in [-0.25, -0.2) is 0 Å². The molecule has 2 aliphatic carbocycles. The zero-order valence-electron chi connectivity index (χ0n) is 35.9. The highest BCUT2D eigenvalue weighted by Gasteiger charge is 2.46. The standard InChI is InChI=1S/C63H43NO/c1-62(44-17-5-2-6-18-44)56-26-14-11-23-50(56)52-36-31-43(39-58(52)62)42-29-32-47(33-30-42)64(49-35-38-55-54-25-13-16-28-60(54)65-61(55)41-49)48-34-37-53-51-24-12-15-27-57(51)63(59(53)40-48,45-19-7-3-8-20-45)46-21-9-4-10-22-46/h2-41H,1H3. The van der Waals surface area contributed by atoms with Crippen molar-refractivity contribution in [2.45, 2.75) is 17.8 Å². The molecule has 0 amide bonds. The van der Waals surface area contributed by atoms with Crippen LogP contribution in [0, 0.1) is 0 Å². The minimum Gasteiger partial charge on any atom is -0.456 e. The van der Waals surface area contributed by atoms with Crippen molar-refractivity contribution in [2.75, 3.05) is 4.90 Å². The molecule has 2 heteroatoms. The van der Waals surface area contributed by atoms with E-state index in [2.05, 4.69) is 248 Å². The number of furan rings is 1. The summed E-state index contributed by atoms with van der Waals surface area (Å²) in [5, 5.41) is 2.23. The number of nitrogens with zero attached hydrogens (tertiary/aromatic N) is 1. The molecule has 0 saturated carbocycles. The highest BCUT2D eigenvalue weighted by Crippen LogP contribution is 2.58. The predicted molar refractivity (Wildman–Crippen MR) is 269 cm³/mol. The fourth-order valence-corrected chi connectivity index (χ4v) is 11.4. The van der Waals surface area contributed by atoms with Crippen molar-refractivity contribution in [3.63, 3.8) is 0 Å². The highest BCUT2D eigenvalue weighted by atomic mass is 16.3. The zero-order chi connectivity index (χ0) is 43.1. The molecule has 1 unspecified atom stereocenters. The van der Waals surface area contributed by atoms with E-state index in [9.17, 15) is 0 Å². The van der Waals surface area contributed by atoms with E-state index in [1.807, 2.05) is 6.07 Å². The maximum atomic E-state index is 6.54. The molecule has 1 heterocycles. The average molecular weight is 830 g/mol. The first-order chi connectivity index (χ1) is 32.1. The Kier molecular flexibility index (Phi) is 8.29. The second-order valence-corrected chi connectivity index (χ2v) is 17.7. The molecule has 1 atom stereocenters. The molecule has 65 heavy (non-hydrogen) atoms. The normalized spacial score (nSPS) is 15.3. The van der Waals surface area contributed by atoms with Gasteiger partial charge in [0.05, 0.1) is 5.41 Å². The third kappa shape index (κ3) is 5.47. The van der Waals surface area contributed by atoms with Gasteiger partial charge in [-0.15, -0.1) is 0 Å². The molecule has 0 bridgehead atoms. The molecule has 0 fully saturated rings. The summed E-state index contributed by atoms with van der Waals surface area (Å²) in [5.74, 6) is 0. The molecule has 1 aromatic heterocycles. The quantitative estimate of drug-likeness (QED) is 0.159. The van der Waals surface area contributed by atoms with Crippen LogP contribution in [-0.4, -0.2) is 0 Å². The van der Waals surface area contributed by atoms with E-state index < -0.39 is 5.41 Å². The third-order valence-electron chi connectivity index (χ3n) is 14.4. The molecule has 0 radical (unpaired) electrons. The van der Waals surface area contributed by atoms with E-state index in [4.69, 9.17) is 4.42 Å². The molecule has 13 rings (SSSR count). The zero-order valence-corrected chi connectivity index (χ0v) is 35.9. The van der Waals surface area contributed by atoms with Crippen LogP contribution < -0.4 is 4.90 Å². The van der Waals surface area contributed by atoms with Crippen LogP contribution in [0.5, 0.6) is 0 Å². The van der Waals surface area contributed by atoms with Gasteiger partial charge in [-0.05, 0) is 128 Å². The maximum Gasteiger partial charge on any atom is 0.137 e. The molecule has 0 N–H and O–H groups in total. The van der Waals surface area contributed by atoms with E-state index >= 15 is 0 Å². The molecule has 0 aliphatic heterocycles. The van der Waals surface area contributed by atoms with E-state index in [1.165, 1.54) is 72.3 Å². The Morgan fingerprint density at radius 3 is 1.54 bits per heavy atom. The minimum absolute atomic E-state index is 0.267. The number of para-hydroxylation sites is 1. The Morgan fingerprint density at radius 2 is 0.815 bits per heavy atom. The van der Waals surface area contributed by atoms with E-state index in [1.54, 1.807) is 0 Å². The highest BCUT2D eigenvalue weighted by molar-refractivity contribution is 6.06. The number of hydrogen-bond donors (Lipinski definition) is 0. The van der Waals surface area contributed by atoms with Gasteiger partial charge in [-0.2, -0.15) is 0 Å².